The predicted octanol–water partition coefficient (Wildman–Crippen LogP) is 2.77. The second-order valence-electron chi connectivity index (χ2n) is 4.84. The van der Waals surface area contributed by atoms with Crippen molar-refractivity contribution < 1.29 is 5.11 Å². The number of aliphatic hydroxyl groups excluding tert-OH is 1. The number of pyridine rings is 1. The van der Waals surface area contributed by atoms with Gasteiger partial charge in [-0.05, 0) is 27.6 Å². The van der Waals surface area contributed by atoms with Crippen LogP contribution in [0.4, 0.5) is 5.69 Å². The lowest BCUT2D eigenvalue weighted by atomic mass is 10.0. The molecular formula is C15H15BrN2O. The molecule has 3 nitrogen and oxygen atoms in total. The van der Waals surface area contributed by atoms with E-state index in [4.69, 9.17) is 0 Å². The first-order valence-corrected chi connectivity index (χ1v) is 7.13. The molecule has 0 spiro atoms. The summed E-state index contributed by atoms with van der Waals surface area (Å²) in [5.41, 5.74) is 3.32. The molecule has 4 heteroatoms. The molecule has 1 aliphatic heterocycles. The van der Waals surface area contributed by atoms with Crippen LogP contribution in [0.1, 0.15) is 11.3 Å². The largest absolute Gasteiger partial charge is 0.391 e. The van der Waals surface area contributed by atoms with Gasteiger partial charge in [0.05, 0.1) is 17.5 Å². The quantitative estimate of drug-likeness (QED) is 0.925. The first kappa shape index (κ1) is 12.6. The van der Waals surface area contributed by atoms with Crippen LogP contribution < -0.4 is 4.90 Å². The molecule has 0 saturated heterocycles. The monoisotopic (exact) mass is 318 g/mol. The number of hydrogen-bond acceptors (Lipinski definition) is 3. The highest BCUT2D eigenvalue weighted by Crippen LogP contribution is 2.29. The van der Waals surface area contributed by atoms with Crippen LogP contribution in [0.15, 0.2) is 47.1 Å². The van der Waals surface area contributed by atoms with Crippen molar-refractivity contribution in [3.8, 4) is 0 Å². The van der Waals surface area contributed by atoms with Gasteiger partial charge in [0.15, 0.2) is 0 Å². The van der Waals surface area contributed by atoms with Gasteiger partial charge in [-0.1, -0.05) is 30.3 Å². The molecule has 1 atom stereocenters. The molecule has 1 N–H and O–H groups in total. The van der Waals surface area contributed by atoms with E-state index in [1.807, 2.05) is 18.2 Å². The molecule has 0 fully saturated rings. The third-order valence-corrected chi connectivity index (χ3v) is 3.76. The zero-order chi connectivity index (χ0) is 13.2. The van der Waals surface area contributed by atoms with Crippen molar-refractivity contribution in [3.63, 3.8) is 0 Å². The summed E-state index contributed by atoms with van der Waals surface area (Å²) in [6.07, 6.45) is 2.08. The van der Waals surface area contributed by atoms with Gasteiger partial charge in [0.1, 0.15) is 0 Å². The molecule has 0 saturated carbocycles. The van der Waals surface area contributed by atoms with Crippen molar-refractivity contribution in [1.29, 1.82) is 0 Å². The van der Waals surface area contributed by atoms with Gasteiger partial charge in [0.25, 0.3) is 0 Å². The van der Waals surface area contributed by atoms with Crippen LogP contribution in [-0.2, 0) is 13.0 Å². The number of halogens is 1. The van der Waals surface area contributed by atoms with Gasteiger partial charge < -0.3 is 10.0 Å². The van der Waals surface area contributed by atoms with Gasteiger partial charge in [0, 0.05) is 30.2 Å². The van der Waals surface area contributed by atoms with E-state index in [2.05, 4.69) is 44.0 Å². The molecule has 3 rings (SSSR count). The predicted molar refractivity (Wildman–Crippen MR) is 79.1 cm³/mol. The van der Waals surface area contributed by atoms with Gasteiger partial charge >= 0.3 is 0 Å². The Morgan fingerprint density at radius 2 is 2.11 bits per heavy atom. The summed E-state index contributed by atoms with van der Waals surface area (Å²) in [4.78, 5) is 6.60. The summed E-state index contributed by atoms with van der Waals surface area (Å²) in [7, 11) is 0. The van der Waals surface area contributed by atoms with Crippen molar-refractivity contribution in [2.75, 3.05) is 11.4 Å². The Morgan fingerprint density at radius 3 is 2.89 bits per heavy atom. The fourth-order valence-corrected chi connectivity index (χ4v) is 2.80. The zero-order valence-electron chi connectivity index (χ0n) is 10.5. The fourth-order valence-electron chi connectivity index (χ4n) is 2.48. The molecule has 1 aromatic heterocycles. The normalized spacial score (nSPS) is 18.2. The molecule has 1 aliphatic rings. The van der Waals surface area contributed by atoms with E-state index >= 15 is 0 Å². The van der Waals surface area contributed by atoms with E-state index in [1.165, 1.54) is 5.56 Å². The van der Waals surface area contributed by atoms with Gasteiger partial charge in [-0.3, -0.25) is 4.98 Å². The number of β-amino-alcohol motifs (C(OH)–C–C–N with tert-alkyl or cyclic N) is 1. The Morgan fingerprint density at radius 1 is 1.32 bits per heavy atom. The van der Waals surface area contributed by atoms with Gasteiger partial charge in [-0.2, -0.15) is 0 Å². The van der Waals surface area contributed by atoms with Crippen LogP contribution in [0, 0.1) is 0 Å². The Kier molecular flexibility index (Phi) is 3.53. The number of fused-ring (bicyclic) bond motifs is 1. The average Bonchev–Trinajstić information content (AvgIpc) is 2.41. The lowest BCUT2D eigenvalue weighted by Gasteiger charge is -2.33. The van der Waals surface area contributed by atoms with E-state index < -0.39 is 0 Å². The number of anilines is 1. The number of rotatable bonds is 2. The molecule has 0 amide bonds. The summed E-state index contributed by atoms with van der Waals surface area (Å²) in [5.74, 6) is 0. The Balaban J connectivity index is 1.92. The summed E-state index contributed by atoms with van der Waals surface area (Å²) in [5, 5.41) is 9.98. The minimum atomic E-state index is -0.343. The average molecular weight is 319 g/mol. The number of benzene rings is 1. The maximum atomic E-state index is 9.98. The summed E-state index contributed by atoms with van der Waals surface area (Å²) >= 11 is 3.47. The lowest BCUT2D eigenvalue weighted by Crippen LogP contribution is -2.38. The van der Waals surface area contributed by atoms with Crippen LogP contribution >= 0.6 is 15.9 Å². The maximum absolute atomic E-state index is 9.98. The Hall–Kier alpha value is -1.39. The third-order valence-electron chi connectivity index (χ3n) is 3.33. The van der Waals surface area contributed by atoms with Crippen molar-refractivity contribution in [3.05, 3.63) is 58.3 Å². The number of hydrogen-bond donors (Lipinski definition) is 1. The van der Waals surface area contributed by atoms with E-state index in [9.17, 15) is 5.11 Å². The summed E-state index contributed by atoms with van der Waals surface area (Å²) in [6.45, 7) is 1.45. The van der Waals surface area contributed by atoms with Crippen molar-refractivity contribution >= 4 is 21.6 Å². The highest BCUT2D eigenvalue weighted by atomic mass is 79.9. The SMILES string of the molecule is O[C@H]1Cc2ncc(Br)cc2N(Cc2ccccc2)C1. The van der Waals surface area contributed by atoms with E-state index in [-0.39, 0.29) is 6.10 Å². The Labute approximate surface area is 121 Å². The molecular weight excluding hydrogens is 304 g/mol. The van der Waals surface area contributed by atoms with Crippen molar-refractivity contribution in [2.45, 2.75) is 19.1 Å². The fraction of sp³-hybridized carbons (Fsp3) is 0.267. The molecule has 2 aromatic rings. The van der Waals surface area contributed by atoms with E-state index in [0.717, 1.165) is 22.4 Å². The molecule has 0 aliphatic carbocycles. The van der Waals surface area contributed by atoms with Gasteiger partial charge in [-0.15, -0.1) is 0 Å². The van der Waals surface area contributed by atoms with Crippen LogP contribution in [0.2, 0.25) is 0 Å². The van der Waals surface area contributed by atoms with Crippen LogP contribution in [0.3, 0.4) is 0 Å². The molecule has 0 radical (unpaired) electrons. The van der Waals surface area contributed by atoms with Crippen LogP contribution in [0.25, 0.3) is 0 Å². The summed E-state index contributed by atoms with van der Waals surface area (Å²) in [6, 6.07) is 12.4. The first-order valence-electron chi connectivity index (χ1n) is 6.34. The number of aromatic nitrogens is 1. The first-order chi connectivity index (χ1) is 9.22. The van der Waals surface area contributed by atoms with Gasteiger partial charge in [0.2, 0.25) is 0 Å². The molecule has 98 valence electrons. The van der Waals surface area contributed by atoms with Crippen molar-refractivity contribution in [1.82, 2.24) is 4.98 Å². The van der Waals surface area contributed by atoms with Gasteiger partial charge in [-0.25, -0.2) is 0 Å². The van der Waals surface area contributed by atoms with Crippen LogP contribution in [0.5, 0.6) is 0 Å². The molecule has 2 heterocycles. The molecule has 0 bridgehead atoms. The molecule has 19 heavy (non-hydrogen) atoms. The second-order valence-corrected chi connectivity index (χ2v) is 5.76. The van der Waals surface area contributed by atoms with E-state index in [1.54, 1.807) is 6.20 Å². The number of aliphatic hydroxyl groups is 1. The zero-order valence-corrected chi connectivity index (χ0v) is 12.0. The highest BCUT2D eigenvalue weighted by Gasteiger charge is 2.24. The Bertz CT molecular complexity index is 574. The minimum Gasteiger partial charge on any atom is -0.391 e. The molecule has 0 unspecified atom stereocenters. The topological polar surface area (TPSA) is 36.4 Å². The standard InChI is InChI=1S/C15H15BrN2O/c16-12-6-15-14(17-8-12)7-13(19)10-18(15)9-11-4-2-1-3-5-11/h1-6,8,13,19H,7,9-10H2/t13-/m0/s1. The van der Waals surface area contributed by atoms with Crippen molar-refractivity contribution in [2.24, 2.45) is 0 Å². The summed E-state index contributed by atoms with van der Waals surface area (Å²) < 4.78 is 0.973. The maximum Gasteiger partial charge on any atom is 0.0771 e. The highest BCUT2D eigenvalue weighted by molar-refractivity contribution is 9.10. The lowest BCUT2D eigenvalue weighted by molar-refractivity contribution is 0.173. The third kappa shape index (κ3) is 2.80. The minimum absolute atomic E-state index is 0.343. The smallest absolute Gasteiger partial charge is 0.0771 e. The molecule has 1 aromatic carbocycles. The van der Waals surface area contributed by atoms with Crippen LogP contribution in [-0.4, -0.2) is 22.7 Å². The number of nitrogens with zero attached hydrogens (tertiary/aromatic N) is 2. The second kappa shape index (κ2) is 5.31. The van der Waals surface area contributed by atoms with E-state index in [0.29, 0.717) is 13.0 Å².